The Bertz CT molecular complexity index is 440. The van der Waals surface area contributed by atoms with Gasteiger partial charge in [0.2, 0.25) is 0 Å². The maximum atomic E-state index is 11.2. The number of carbonyl (C=O) groups is 2. The lowest BCUT2D eigenvalue weighted by Crippen LogP contribution is -2.10. The summed E-state index contributed by atoms with van der Waals surface area (Å²) in [5.41, 5.74) is 1.01. The van der Waals surface area contributed by atoms with Crippen molar-refractivity contribution in [3.05, 3.63) is 47.5 Å². The Kier molecular flexibility index (Phi) is 3.60. The SMILES string of the molecule is O=C1C=CC(=O)c2ccccc21.[2H][PH](=O)O. The van der Waals surface area contributed by atoms with E-state index in [1.54, 1.807) is 24.3 Å². The molecule has 5 heteroatoms. The van der Waals surface area contributed by atoms with Crippen LogP contribution in [-0.2, 0) is 4.57 Å². The first-order valence-corrected chi connectivity index (χ1v) is 4.93. The molecular weight excluding hydrogens is 215 g/mol. The quantitative estimate of drug-likeness (QED) is 0.675. The minimum atomic E-state index is -2.88. The Morgan fingerprint density at radius 3 is 1.73 bits per heavy atom. The van der Waals surface area contributed by atoms with Crippen LogP contribution in [0.15, 0.2) is 36.4 Å². The minimum absolute atomic E-state index is 0.0924. The van der Waals surface area contributed by atoms with Crippen LogP contribution in [0.2, 0.25) is 0 Å². The van der Waals surface area contributed by atoms with Crippen molar-refractivity contribution in [2.45, 2.75) is 0 Å². The number of rotatable bonds is 0. The van der Waals surface area contributed by atoms with E-state index in [1.165, 1.54) is 12.2 Å². The first-order valence-electron chi connectivity index (χ1n) is 4.57. The van der Waals surface area contributed by atoms with Crippen molar-refractivity contribution >= 4 is 20.2 Å². The van der Waals surface area contributed by atoms with Crippen LogP contribution in [0.1, 0.15) is 20.7 Å². The van der Waals surface area contributed by atoms with E-state index < -0.39 is 8.63 Å². The van der Waals surface area contributed by atoms with Crippen LogP contribution in [0, 0.1) is 0 Å². The van der Waals surface area contributed by atoms with E-state index in [0.29, 0.717) is 11.1 Å². The molecule has 0 bridgehead atoms. The molecule has 1 N–H and O–H groups in total. The standard InChI is InChI=1S/C10H6O2.H3O2P/c11-9-5-6-10(12)8-4-2-1-3-7(8)9;1-3-2/h1-6H;3H2,(H,1,2)/i;3D. The third-order valence-electron chi connectivity index (χ3n) is 1.84. The van der Waals surface area contributed by atoms with Gasteiger partial charge in [0.25, 0.3) is 0 Å². The molecule has 1 aliphatic rings. The van der Waals surface area contributed by atoms with Crippen LogP contribution in [0.4, 0.5) is 0 Å². The van der Waals surface area contributed by atoms with Gasteiger partial charge in [0, 0.05) is 11.1 Å². The number of hydrogen-bond acceptors (Lipinski definition) is 3. The fraction of sp³-hybridized carbons (Fsp3) is 0. The number of fused-ring (bicyclic) bond motifs is 1. The maximum Gasteiger partial charge on any atom is 0.186 e. The molecule has 0 aliphatic heterocycles. The highest BCUT2D eigenvalue weighted by atomic mass is 31.1. The summed E-state index contributed by atoms with van der Waals surface area (Å²) in [5.74, 6) is -0.185. The van der Waals surface area contributed by atoms with Crippen molar-refractivity contribution in [3.8, 4) is 0 Å². The van der Waals surface area contributed by atoms with Crippen LogP contribution < -0.4 is 0 Å². The van der Waals surface area contributed by atoms with Crippen LogP contribution in [0.5, 0.6) is 0 Å². The van der Waals surface area contributed by atoms with Gasteiger partial charge in [-0.3, -0.25) is 14.2 Å². The molecule has 15 heavy (non-hydrogen) atoms. The number of carbonyl (C=O) groups excluding carboxylic acids is 2. The smallest absolute Gasteiger partial charge is 0.186 e. The highest BCUT2D eigenvalue weighted by Crippen LogP contribution is 2.15. The van der Waals surface area contributed by atoms with Crippen molar-refractivity contribution in [1.82, 2.24) is 0 Å². The molecule has 0 spiro atoms. The summed E-state index contributed by atoms with van der Waals surface area (Å²) < 4.78 is 14.5. The molecule has 1 atom stereocenters. The predicted molar refractivity (Wildman–Crippen MR) is 56.9 cm³/mol. The van der Waals surface area contributed by atoms with Gasteiger partial charge in [0.15, 0.2) is 20.2 Å². The van der Waals surface area contributed by atoms with Crippen LogP contribution in [0.3, 0.4) is 0 Å². The highest BCUT2D eigenvalue weighted by molar-refractivity contribution is 7.16. The maximum absolute atomic E-state index is 11.2. The van der Waals surface area contributed by atoms with Crippen LogP contribution >= 0.6 is 8.63 Å². The lowest BCUT2D eigenvalue weighted by atomic mass is 9.95. The number of benzene rings is 1. The first-order chi connectivity index (χ1) is 7.52. The van der Waals surface area contributed by atoms with E-state index in [9.17, 15) is 9.59 Å². The van der Waals surface area contributed by atoms with Gasteiger partial charge in [-0.05, 0) is 12.2 Å². The van der Waals surface area contributed by atoms with Gasteiger partial charge in [-0.1, -0.05) is 24.3 Å². The van der Waals surface area contributed by atoms with E-state index in [2.05, 4.69) is 0 Å². The van der Waals surface area contributed by atoms with Gasteiger partial charge in [-0.2, -0.15) is 0 Å². The summed E-state index contributed by atoms with van der Waals surface area (Å²) in [6.07, 6.45) is 2.62. The summed E-state index contributed by atoms with van der Waals surface area (Å²) in [7, 11) is -2.88. The highest BCUT2D eigenvalue weighted by Gasteiger charge is 2.16. The molecule has 0 aromatic heterocycles. The molecule has 0 saturated carbocycles. The molecule has 0 radical (unpaired) electrons. The molecule has 0 saturated heterocycles. The molecule has 1 unspecified atom stereocenters. The van der Waals surface area contributed by atoms with Gasteiger partial charge >= 0.3 is 0 Å². The fourth-order valence-electron chi connectivity index (χ4n) is 1.24. The Labute approximate surface area is 88.8 Å². The van der Waals surface area contributed by atoms with E-state index >= 15 is 0 Å². The van der Waals surface area contributed by atoms with Crippen LogP contribution in [0.25, 0.3) is 0 Å². The average molecular weight is 225 g/mol. The number of ketones is 2. The monoisotopic (exact) mass is 225 g/mol. The molecule has 1 aromatic carbocycles. The van der Waals surface area contributed by atoms with Crippen molar-refractivity contribution in [3.63, 3.8) is 0 Å². The second kappa shape index (κ2) is 5.39. The van der Waals surface area contributed by atoms with Crippen LogP contribution in [-0.4, -0.2) is 17.7 Å². The molecule has 0 amide bonds. The Hall–Kier alpha value is -1.51. The van der Waals surface area contributed by atoms with E-state index in [1.807, 2.05) is 0 Å². The third-order valence-corrected chi connectivity index (χ3v) is 1.84. The normalized spacial score (nSPS) is 15.9. The molecule has 0 heterocycles. The summed E-state index contributed by atoms with van der Waals surface area (Å²) in [6.45, 7) is 0. The zero-order valence-corrected chi connectivity index (χ0v) is 8.64. The molecule has 2 rings (SSSR count). The predicted octanol–water partition coefficient (Wildman–Crippen LogP) is 1.27. The molecule has 78 valence electrons. The first kappa shape index (κ1) is 10.0. The number of allylic oxidation sites excluding steroid dienone is 2. The van der Waals surface area contributed by atoms with E-state index in [-0.39, 0.29) is 11.6 Å². The molecule has 4 nitrogen and oxygen atoms in total. The van der Waals surface area contributed by atoms with Crippen molar-refractivity contribution in [2.24, 2.45) is 0 Å². The Morgan fingerprint density at radius 2 is 1.40 bits per heavy atom. The summed E-state index contributed by atoms with van der Waals surface area (Å²) >= 11 is 0. The van der Waals surface area contributed by atoms with E-state index in [4.69, 9.17) is 10.7 Å². The lowest BCUT2D eigenvalue weighted by Gasteiger charge is -2.06. The molecule has 0 fully saturated rings. The second-order valence-electron chi connectivity index (χ2n) is 2.70. The zero-order chi connectivity index (χ0) is 12.1. The largest absolute Gasteiger partial charge is 0.348 e. The Morgan fingerprint density at radius 1 is 1.07 bits per heavy atom. The van der Waals surface area contributed by atoms with Gasteiger partial charge in [-0.25, -0.2) is 0 Å². The van der Waals surface area contributed by atoms with Crippen molar-refractivity contribution in [1.29, 1.82) is 1.28 Å². The average Bonchev–Trinajstić information content (AvgIpc) is 2.23. The second-order valence-corrected chi connectivity index (χ2v) is 2.88. The molecule has 1 aromatic rings. The van der Waals surface area contributed by atoms with E-state index in [0.717, 1.165) is 0 Å². The van der Waals surface area contributed by atoms with Gasteiger partial charge in [0.1, 0.15) is 1.28 Å². The van der Waals surface area contributed by atoms with Crippen molar-refractivity contribution < 1.29 is 19.0 Å². The minimum Gasteiger partial charge on any atom is -0.348 e. The zero-order valence-electron chi connectivity index (χ0n) is 8.64. The Balaban J connectivity index is 0.000000280. The molecule has 1 aliphatic carbocycles. The fourth-order valence-corrected chi connectivity index (χ4v) is 1.24. The van der Waals surface area contributed by atoms with Gasteiger partial charge in [-0.15, -0.1) is 0 Å². The summed E-state index contributed by atoms with van der Waals surface area (Å²) in [6, 6.07) is 6.84. The summed E-state index contributed by atoms with van der Waals surface area (Å²) in [5, 5.41) is 0. The number of hydrogen-bond donors (Lipinski definition) is 1. The topological polar surface area (TPSA) is 71.4 Å². The summed E-state index contributed by atoms with van der Waals surface area (Å²) in [4.78, 5) is 29.7. The third kappa shape index (κ3) is 2.72. The molecular formula is C10H9O4P. The van der Waals surface area contributed by atoms with Crippen molar-refractivity contribution in [2.75, 3.05) is 0 Å². The lowest BCUT2D eigenvalue weighted by molar-refractivity contribution is 0.0994. The van der Waals surface area contributed by atoms with Gasteiger partial charge in [0.05, 0.1) is 0 Å². The van der Waals surface area contributed by atoms with Gasteiger partial charge < -0.3 is 4.89 Å².